The first-order valence-corrected chi connectivity index (χ1v) is 10.1. The highest BCUT2D eigenvalue weighted by atomic mass is 32.2. The molecule has 0 spiro atoms. The number of benzene rings is 1. The molecular weight excluding hydrogens is 388 g/mol. The van der Waals surface area contributed by atoms with Gasteiger partial charge in [0.05, 0.1) is 16.0 Å². The fourth-order valence-corrected chi connectivity index (χ4v) is 4.31. The van der Waals surface area contributed by atoms with Gasteiger partial charge in [0.2, 0.25) is 5.91 Å². The Labute approximate surface area is 162 Å². The number of anilines is 1. The van der Waals surface area contributed by atoms with Crippen LogP contribution in [0.4, 0.5) is 5.13 Å². The summed E-state index contributed by atoms with van der Waals surface area (Å²) in [5.41, 5.74) is 0.430. The van der Waals surface area contributed by atoms with Gasteiger partial charge in [-0.3, -0.25) is 9.59 Å². The number of carbonyl (C=O) groups excluding carboxylic acids is 1. The lowest BCUT2D eigenvalue weighted by molar-refractivity contribution is -0.113. The molecule has 1 aliphatic rings. The Hall–Kier alpha value is -2.59. The van der Waals surface area contributed by atoms with E-state index >= 15 is 0 Å². The molecule has 3 heterocycles. The van der Waals surface area contributed by atoms with Crippen molar-refractivity contribution in [1.29, 1.82) is 0 Å². The first-order valence-electron chi connectivity index (χ1n) is 8.32. The van der Waals surface area contributed by atoms with Crippen molar-refractivity contribution in [2.45, 2.75) is 18.6 Å². The number of hydrogen-bond donors (Lipinski definition) is 1. The van der Waals surface area contributed by atoms with Gasteiger partial charge in [-0.1, -0.05) is 23.1 Å². The molecule has 0 bridgehead atoms. The third-order valence-corrected chi connectivity index (χ3v) is 5.74. The summed E-state index contributed by atoms with van der Waals surface area (Å²) in [6.45, 7) is 3.66. The molecule has 0 saturated heterocycles. The minimum Gasteiger partial charge on any atom is -0.486 e. The van der Waals surface area contributed by atoms with Gasteiger partial charge >= 0.3 is 0 Å². The second-order valence-corrected chi connectivity index (χ2v) is 7.63. The summed E-state index contributed by atoms with van der Waals surface area (Å²) < 4.78 is 13.9. The molecule has 0 radical (unpaired) electrons. The number of amides is 1. The average Bonchev–Trinajstić information content (AvgIpc) is 3.05. The summed E-state index contributed by atoms with van der Waals surface area (Å²) in [7, 11) is 0. The summed E-state index contributed by atoms with van der Waals surface area (Å²) >= 11 is 2.59. The molecule has 0 fully saturated rings. The van der Waals surface area contributed by atoms with Crippen LogP contribution < -0.4 is 20.3 Å². The number of aryl methyl sites for hydroxylation is 1. The Kier molecular flexibility index (Phi) is 4.99. The number of hydrogen-bond acceptors (Lipinski definition) is 8. The lowest BCUT2D eigenvalue weighted by atomic mass is 10.3. The molecule has 0 saturated carbocycles. The predicted octanol–water partition coefficient (Wildman–Crippen LogP) is 2.37. The average molecular weight is 404 g/mol. The van der Waals surface area contributed by atoms with E-state index in [-0.39, 0.29) is 17.2 Å². The number of thiazole rings is 1. The Balaban J connectivity index is 1.45. The molecule has 3 aromatic rings. The molecule has 1 aromatic carbocycles. The number of aromatic nitrogens is 3. The zero-order chi connectivity index (χ0) is 18.8. The topological polar surface area (TPSA) is 95.3 Å². The van der Waals surface area contributed by atoms with Crippen LogP contribution in [0.2, 0.25) is 0 Å². The summed E-state index contributed by atoms with van der Waals surface area (Å²) in [6, 6.07) is 5.10. The first-order chi connectivity index (χ1) is 13.1. The highest BCUT2D eigenvalue weighted by Gasteiger charge is 2.16. The predicted molar refractivity (Wildman–Crippen MR) is 104 cm³/mol. The Morgan fingerprint density at radius 1 is 1.30 bits per heavy atom. The van der Waals surface area contributed by atoms with Gasteiger partial charge in [-0.25, -0.2) is 4.98 Å². The van der Waals surface area contributed by atoms with Gasteiger partial charge in [-0.2, -0.15) is 4.98 Å². The molecule has 2 aromatic heterocycles. The summed E-state index contributed by atoms with van der Waals surface area (Å²) in [4.78, 5) is 32.1. The molecule has 1 aliphatic heterocycles. The molecule has 0 atom stereocenters. The minimum absolute atomic E-state index is 0.134. The molecule has 8 nitrogen and oxygen atoms in total. The second kappa shape index (κ2) is 7.57. The molecule has 1 amide bonds. The molecule has 0 unspecified atom stereocenters. The van der Waals surface area contributed by atoms with E-state index < -0.39 is 0 Å². The van der Waals surface area contributed by atoms with Crippen molar-refractivity contribution in [1.82, 2.24) is 14.5 Å². The largest absolute Gasteiger partial charge is 0.486 e. The smallest absolute Gasteiger partial charge is 0.273 e. The van der Waals surface area contributed by atoms with Crippen molar-refractivity contribution < 1.29 is 14.3 Å². The van der Waals surface area contributed by atoms with Gasteiger partial charge in [-0.05, 0) is 6.92 Å². The first kappa shape index (κ1) is 17.8. The van der Waals surface area contributed by atoms with E-state index in [4.69, 9.17) is 9.47 Å². The molecule has 1 N–H and O–H groups in total. The highest BCUT2D eigenvalue weighted by molar-refractivity contribution is 7.99. The van der Waals surface area contributed by atoms with E-state index in [1.165, 1.54) is 29.2 Å². The molecule has 4 rings (SSSR count). The van der Waals surface area contributed by atoms with Crippen molar-refractivity contribution in [3.63, 3.8) is 0 Å². The molecule has 0 aliphatic carbocycles. The van der Waals surface area contributed by atoms with Gasteiger partial charge < -0.3 is 19.4 Å². The summed E-state index contributed by atoms with van der Waals surface area (Å²) in [5, 5.41) is 3.82. The fraction of sp³-hybridized carbons (Fsp3) is 0.294. The van der Waals surface area contributed by atoms with E-state index in [9.17, 15) is 9.59 Å². The van der Waals surface area contributed by atoms with E-state index in [1.807, 2.05) is 23.6 Å². The van der Waals surface area contributed by atoms with Crippen LogP contribution in [0.15, 0.2) is 34.3 Å². The maximum atomic E-state index is 12.3. The number of nitrogens with zero attached hydrogens (tertiary/aromatic N) is 3. The zero-order valence-corrected chi connectivity index (χ0v) is 16.1. The van der Waals surface area contributed by atoms with Crippen LogP contribution >= 0.6 is 23.1 Å². The molecular formula is C17H16N4O4S2. The Bertz CT molecular complexity index is 1020. The maximum absolute atomic E-state index is 12.3. The SMILES string of the molecule is CCn1ccc(=O)nc1SCC(=O)Nc1nc2cc3c(cc2s1)OCCO3. The number of nitrogens with one attached hydrogen (secondary N) is 1. The Morgan fingerprint density at radius 2 is 2.07 bits per heavy atom. The van der Waals surface area contributed by atoms with Crippen molar-refractivity contribution in [2.24, 2.45) is 0 Å². The number of rotatable bonds is 5. The van der Waals surface area contributed by atoms with Gasteiger partial charge in [-0.15, -0.1) is 0 Å². The second-order valence-electron chi connectivity index (χ2n) is 5.65. The third-order valence-electron chi connectivity index (χ3n) is 3.82. The molecule has 10 heteroatoms. The van der Waals surface area contributed by atoms with Crippen molar-refractivity contribution in [3.8, 4) is 11.5 Å². The summed E-state index contributed by atoms with van der Waals surface area (Å²) in [5.74, 6) is 1.28. The van der Waals surface area contributed by atoms with Crippen molar-refractivity contribution in [3.05, 3.63) is 34.7 Å². The number of carbonyl (C=O) groups is 1. The normalized spacial score (nSPS) is 12.9. The van der Waals surface area contributed by atoms with Crippen LogP contribution in [0.25, 0.3) is 10.2 Å². The van der Waals surface area contributed by atoms with Crippen LogP contribution in [0.1, 0.15) is 6.92 Å². The van der Waals surface area contributed by atoms with E-state index in [1.54, 1.807) is 6.20 Å². The number of fused-ring (bicyclic) bond motifs is 2. The van der Waals surface area contributed by atoms with E-state index in [2.05, 4.69) is 15.3 Å². The van der Waals surface area contributed by atoms with Crippen LogP contribution in [0.3, 0.4) is 0 Å². The van der Waals surface area contributed by atoms with Crippen molar-refractivity contribution >= 4 is 44.4 Å². The standard InChI is InChI=1S/C17H16N4O4S2/c1-2-21-4-3-14(22)20-17(21)26-9-15(23)19-16-18-10-7-11-12(8-13(10)27-16)25-6-5-24-11/h3-4,7-8H,2,5-6,9H2,1H3,(H,18,19,23). The quantitative estimate of drug-likeness (QED) is 0.515. The molecule has 27 heavy (non-hydrogen) atoms. The highest BCUT2D eigenvalue weighted by Crippen LogP contribution is 2.37. The van der Waals surface area contributed by atoms with Crippen LogP contribution in [-0.4, -0.2) is 39.4 Å². The monoisotopic (exact) mass is 404 g/mol. The molecule has 140 valence electrons. The van der Waals surface area contributed by atoms with Crippen LogP contribution in [-0.2, 0) is 11.3 Å². The van der Waals surface area contributed by atoms with E-state index in [0.29, 0.717) is 41.5 Å². The number of ether oxygens (including phenoxy) is 2. The van der Waals surface area contributed by atoms with E-state index in [0.717, 1.165) is 10.2 Å². The fourth-order valence-electron chi connectivity index (χ4n) is 2.57. The lowest BCUT2D eigenvalue weighted by Crippen LogP contribution is -2.17. The lowest BCUT2D eigenvalue weighted by Gasteiger charge is -2.17. The van der Waals surface area contributed by atoms with Gasteiger partial charge in [0, 0.05) is 30.9 Å². The third kappa shape index (κ3) is 3.91. The zero-order valence-electron chi connectivity index (χ0n) is 14.4. The minimum atomic E-state index is -0.317. The van der Waals surface area contributed by atoms with Gasteiger partial charge in [0.25, 0.3) is 5.56 Å². The maximum Gasteiger partial charge on any atom is 0.273 e. The van der Waals surface area contributed by atoms with Crippen LogP contribution in [0, 0.1) is 0 Å². The van der Waals surface area contributed by atoms with Gasteiger partial charge in [0.15, 0.2) is 21.8 Å². The van der Waals surface area contributed by atoms with Crippen LogP contribution in [0.5, 0.6) is 11.5 Å². The summed E-state index contributed by atoms with van der Waals surface area (Å²) in [6.07, 6.45) is 1.68. The van der Waals surface area contributed by atoms with Gasteiger partial charge in [0.1, 0.15) is 13.2 Å². The Morgan fingerprint density at radius 3 is 2.85 bits per heavy atom. The number of thioether (sulfide) groups is 1. The van der Waals surface area contributed by atoms with Crippen molar-refractivity contribution in [2.75, 3.05) is 24.3 Å².